The molecule has 2 saturated carbocycles. The molecule has 0 amide bonds. The highest BCUT2D eigenvalue weighted by molar-refractivity contribution is 5.20. The van der Waals surface area contributed by atoms with Crippen LogP contribution in [0.25, 0.3) is 0 Å². The van der Waals surface area contributed by atoms with E-state index in [1.807, 2.05) is 0 Å². The summed E-state index contributed by atoms with van der Waals surface area (Å²) >= 11 is 0. The van der Waals surface area contributed by atoms with Crippen LogP contribution in [0.3, 0.4) is 0 Å². The van der Waals surface area contributed by atoms with Crippen molar-refractivity contribution >= 4 is 0 Å². The molecule has 84 valence electrons. The molecule has 0 aliphatic heterocycles. The van der Waals surface area contributed by atoms with E-state index in [2.05, 4.69) is 12.2 Å². The largest absolute Gasteiger partial charge is 0.396 e. The van der Waals surface area contributed by atoms with Gasteiger partial charge in [-0.15, -0.1) is 0 Å². The molecule has 2 atom stereocenters. The van der Waals surface area contributed by atoms with Gasteiger partial charge in [0.15, 0.2) is 0 Å². The van der Waals surface area contributed by atoms with Gasteiger partial charge in [0.25, 0.3) is 0 Å². The fraction of sp³-hybridized carbons (Fsp3) is 0.846. The van der Waals surface area contributed by atoms with Crippen molar-refractivity contribution in [2.75, 3.05) is 13.2 Å². The van der Waals surface area contributed by atoms with Crippen molar-refractivity contribution in [2.45, 2.75) is 38.5 Å². The van der Waals surface area contributed by atoms with Gasteiger partial charge < -0.3 is 10.2 Å². The molecule has 0 bridgehead atoms. The van der Waals surface area contributed by atoms with Gasteiger partial charge in [-0.1, -0.05) is 12.2 Å². The van der Waals surface area contributed by atoms with Gasteiger partial charge >= 0.3 is 0 Å². The van der Waals surface area contributed by atoms with E-state index in [0.29, 0.717) is 5.41 Å². The van der Waals surface area contributed by atoms with E-state index in [-0.39, 0.29) is 24.0 Å². The van der Waals surface area contributed by atoms with E-state index in [0.717, 1.165) is 25.7 Å². The van der Waals surface area contributed by atoms with Crippen molar-refractivity contribution in [1.29, 1.82) is 0 Å². The van der Waals surface area contributed by atoms with Crippen molar-refractivity contribution < 1.29 is 10.2 Å². The second-order valence-corrected chi connectivity index (χ2v) is 6.11. The Bertz CT molecular complexity index is 280. The summed E-state index contributed by atoms with van der Waals surface area (Å²) in [5.41, 5.74) is 0.484. The molecule has 3 aliphatic rings. The van der Waals surface area contributed by atoms with Crippen molar-refractivity contribution in [3.8, 4) is 0 Å². The van der Waals surface area contributed by atoms with Crippen molar-refractivity contribution in [1.82, 2.24) is 0 Å². The van der Waals surface area contributed by atoms with Crippen LogP contribution in [-0.4, -0.2) is 23.4 Å². The second kappa shape index (κ2) is 2.86. The standard InChI is InChI=1S/C13H20O2/c14-9-12-3-1-2-4-13(12,10-15)8-11(7-12)5-6-11/h1-2,14-15H,3-10H2/t12-,13+. The van der Waals surface area contributed by atoms with Crippen LogP contribution in [0.2, 0.25) is 0 Å². The molecule has 15 heavy (non-hydrogen) atoms. The zero-order chi connectivity index (χ0) is 10.6. The van der Waals surface area contributed by atoms with Crippen molar-refractivity contribution in [2.24, 2.45) is 16.2 Å². The van der Waals surface area contributed by atoms with Crippen molar-refractivity contribution in [3.05, 3.63) is 12.2 Å². The Morgan fingerprint density at radius 1 is 0.867 bits per heavy atom. The molecule has 0 aromatic heterocycles. The summed E-state index contributed by atoms with van der Waals surface area (Å²) in [4.78, 5) is 0. The summed E-state index contributed by atoms with van der Waals surface area (Å²) in [5, 5.41) is 19.5. The SMILES string of the molecule is OC[C@@]12CC=CC[C@]1(CO)CC1(CC1)C2. The van der Waals surface area contributed by atoms with E-state index in [1.165, 1.54) is 12.8 Å². The summed E-state index contributed by atoms with van der Waals surface area (Å²) in [6.07, 6.45) is 11.2. The van der Waals surface area contributed by atoms with Crippen LogP contribution in [0.15, 0.2) is 12.2 Å². The first-order chi connectivity index (χ1) is 7.20. The Hall–Kier alpha value is -0.340. The fourth-order valence-corrected chi connectivity index (χ4v) is 4.18. The van der Waals surface area contributed by atoms with Gasteiger partial charge in [-0.05, 0) is 43.9 Å². The number of hydrogen-bond acceptors (Lipinski definition) is 2. The number of rotatable bonds is 2. The molecule has 2 N–H and O–H groups in total. The first-order valence-electron chi connectivity index (χ1n) is 6.07. The minimum Gasteiger partial charge on any atom is -0.396 e. The maximum Gasteiger partial charge on any atom is 0.0496 e. The van der Waals surface area contributed by atoms with E-state index in [4.69, 9.17) is 0 Å². The Kier molecular flexibility index (Phi) is 1.88. The lowest BCUT2D eigenvalue weighted by Crippen LogP contribution is -2.44. The van der Waals surface area contributed by atoms with Crippen LogP contribution in [0.5, 0.6) is 0 Å². The first kappa shape index (κ1) is 9.86. The molecule has 1 spiro atoms. The van der Waals surface area contributed by atoms with Crippen LogP contribution in [0.1, 0.15) is 38.5 Å². The number of hydrogen-bond donors (Lipinski definition) is 2. The fourth-order valence-electron chi connectivity index (χ4n) is 4.18. The predicted octanol–water partition coefficient (Wildman–Crippen LogP) is 1.87. The minimum absolute atomic E-state index is 0.00694. The third-order valence-electron chi connectivity index (χ3n) is 5.30. The lowest BCUT2D eigenvalue weighted by Gasteiger charge is -2.45. The highest BCUT2D eigenvalue weighted by Gasteiger charge is 2.66. The zero-order valence-electron chi connectivity index (χ0n) is 9.21. The molecule has 2 nitrogen and oxygen atoms in total. The summed E-state index contributed by atoms with van der Waals surface area (Å²) in [5.74, 6) is 0. The lowest BCUT2D eigenvalue weighted by molar-refractivity contribution is -0.0335. The molecule has 3 rings (SSSR count). The zero-order valence-corrected chi connectivity index (χ0v) is 9.21. The van der Waals surface area contributed by atoms with E-state index in [1.54, 1.807) is 0 Å². The average molecular weight is 208 g/mol. The number of allylic oxidation sites excluding steroid dienone is 2. The Labute approximate surface area is 91.0 Å². The van der Waals surface area contributed by atoms with Gasteiger partial charge in [-0.2, -0.15) is 0 Å². The lowest BCUT2D eigenvalue weighted by atomic mass is 9.60. The van der Waals surface area contributed by atoms with Crippen LogP contribution in [0, 0.1) is 16.2 Å². The van der Waals surface area contributed by atoms with Crippen LogP contribution in [-0.2, 0) is 0 Å². The van der Waals surface area contributed by atoms with Crippen LogP contribution >= 0.6 is 0 Å². The van der Waals surface area contributed by atoms with E-state index in [9.17, 15) is 10.2 Å². The molecule has 0 heterocycles. The maximum absolute atomic E-state index is 9.76. The first-order valence-corrected chi connectivity index (χ1v) is 6.07. The molecule has 0 aromatic rings. The monoisotopic (exact) mass is 208 g/mol. The summed E-state index contributed by atoms with van der Waals surface area (Å²) in [7, 11) is 0. The molecule has 2 heteroatoms. The molecular formula is C13H20O2. The molecule has 0 unspecified atom stereocenters. The Balaban J connectivity index is 2.01. The third kappa shape index (κ3) is 1.12. The Morgan fingerprint density at radius 3 is 1.67 bits per heavy atom. The summed E-state index contributed by atoms with van der Waals surface area (Å²) < 4.78 is 0. The Morgan fingerprint density at radius 2 is 1.33 bits per heavy atom. The number of aliphatic hydroxyl groups excluding tert-OH is 2. The smallest absolute Gasteiger partial charge is 0.0496 e. The van der Waals surface area contributed by atoms with Gasteiger partial charge in [0.2, 0.25) is 0 Å². The molecule has 0 radical (unpaired) electrons. The van der Waals surface area contributed by atoms with Gasteiger partial charge in [-0.3, -0.25) is 0 Å². The van der Waals surface area contributed by atoms with Gasteiger partial charge in [0.05, 0.1) is 0 Å². The van der Waals surface area contributed by atoms with E-state index >= 15 is 0 Å². The normalized spacial score (nSPS) is 45.7. The molecule has 2 fully saturated rings. The number of aliphatic hydroxyl groups is 2. The third-order valence-corrected chi connectivity index (χ3v) is 5.30. The minimum atomic E-state index is -0.00694. The van der Waals surface area contributed by atoms with E-state index < -0.39 is 0 Å². The second-order valence-electron chi connectivity index (χ2n) is 6.11. The molecule has 0 saturated heterocycles. The van der Waals surface area contributed by atoms with Gasteiger partial charge in [0.1, 0.15) is 0 Å². The molecule has 0 aromatic carbocycles. The maximum atomic E-state index is 9.76. The van der Waals surface area contributed by atoms with Crippen LogP contribution in [0.4, 0.5) is 0 Å². The topological polar surface area (TPSA) is 40.5 Å². The average Bonchev–Trinajstić information content (AvgIpc) is 2.92. The quantitative estimate of drug-likeness (QED) is 0.680. The highest BCUT2D eigenvalue weighted by Crippen LogP contribution is 2.73. The van der Waals surface area contributed by atoms with Crippen LogP contribution < -0.4 is 0 Å². The summed E-state index contributed by atoms with van der Waals surface area (Å²) in [6.45, 7) is 0.499. The van der Waals surface area contributed by atoms with Gasteiger partial charge in [-0.25, -0.2) is 0 Å². The highest BCUT2D eigenvalue weighted by atomic mass is 16.3. The molecule has 3 aliphatic carbocycles. The van der Waals surface area contributed by atoms with Crippen molar-refractivity contribution in [3.63, 3.8) is 0 Å². The predicted molar refractivity (Wildman–Crippen MR) is 58.3 cm³/mol. The summed E-state index contributed by atoms with van der Waals surface area (Å²) in [6, 6.07) is 0. The van der Waals surface area contributed by atoms with Gasteiger partial charge in [0, 0.05) is 24.0 Å². The number of fused-ring (bicyclic) bond motifs is 1. The molecular weight excluding hydrogens is 188 g/mol.